The Hall–Kier alpha value is -3.28. The number of allylic oxidation sites excluding steroid dienone is 1. The summed E-state index contributed by atoms with van der Waals surface area (Å²) >= 11 is 0. The molecule has 0 spiro atoms. The molecule has 2 rings (SSSR count). The standard InChI is InChI=1S/C24H29NO5/c1-15(2)11-17-7-9-18(10-8-17)16(3)12-23(26)25-20-14-22(29-5)21(28-4)13-19(20)24(27)30-6/h7-10,12-15H,11H2,1-6H3,(H,25,26)/b16-12-. The fourth-order valence-corrected chi connectivity index (χ4v) is 3.09. The van der Waals surface area contributed by atoms with E-state index in [0.717, 1.165) is 17.6 Å². The summed E-state index contributed by atoms with van der Waals surface area (Å²) < 4.78 is 15.3. The van der Waals surface area contributed by atoms with Crippen molar-refractivity contribution >= 4 is 23.1 Å². The van der Waals surface area contributed by atoms with E-state index in [4.69, 9.17) is 14.2 Å². The molecule has 6 heteroatoms. The Labute approximate surface area is 177 Å². The number of nitrogens with one attached hydrogen (secondary N) is 1. The lowest BCUT2D eigenvalue weighted by atomic mass is 9.99. The van der Waals surface area contributed by atoms with E-state index in [2.05, 4.69) is 31.3 Å². The molecule has 0 atom stereocenters. The minimum Gasteiger partial charge on any atom is -0.493 e. The quantitative estimate of drug-likeness (QED) is 0.502. The zero-order valence-corrected chi connectivity index (χ0v) is 18.4. The Bertz CT molecular complexity index is 929. The van der Waals surface area contributed by atoms with Crippen LogP contribution in [0.4, 0.5) is 5.69 Å². The van der Waals surface area contributed by atoms with E-state index in [1.807, 2.05) is 19.1 Å². The molecule has 0 saturated heterocycles. The van der Waals surface area contributed by atoms with Gasteiger partial charge in [0.15, 0.2) is 11.5 Å². The zero-order valence-electron chi connectivity index (χ0n) is 18.4. The molecule has 0 radical (unpaired) electrons. The summed E-state index contributed by atoms with van der Waals surface area (Å²) in [6.45, 7) is 6.23. The summed E-state index contributed by atoms with van der Waals surface area (Å²) in [5.74, 6) is 0.388. The average Bonchev–Trinajstić information content (AvgIpc) is 2.72. The largest absolute Gasteiger partial charge is 0.493 e. The highest BCUT2D eigenvalue weighted by atomic mass is 16.5. The summed E-state index contributed by atoms with van der Waals surface area (Å²) in [5, 5.41) is 2.74. The third kappa shape index (κ3) is 5.86. The molecule has 0 heterocycles. The number of benzene rings is 2. The van der Waals surface area contributed by atoms with Crippen LogP contribution in [0.3, 0.4) is 0 Å². The van der Waals surface area contributed by atoms with E-state index in [0.29, 0.717) is 17.4 Å². The Morgan fingerprint density at radius 2 is 1.60 bits per heavy atom. The predicted molar refractivity (Wildman–Crippen MR) is 118 cm³/mol. The third-order valence-electron chi connectivity index (χ3n) is 4.59. The van der Waals surface area contributed by atoms with E-state index >= 15 is 0 Å². The van der Waals surface area contributed by atoms with Gasteiger partial charge < -0.3 is 19.5 Å². The molecule has 0 bridgehead atoms. The molecule has 0 saturated carbocycles. The zero-order chi connectivity index (χ0) is 22.3. The first-order chi connectivity index (χ1) is 14.3. The number of methoxy groups -OCH3 is 3. The van der Waals surface area contributed by atoms with Crippen molar-refractivity contribution in [2.45, 2.75) is 27.2 Å². The van der Waals surface area contributed by atoms with Gasteiger partial charge in [-0.3, -0.25) is 4.79 Å². The van der Waals surface area contributed by atoms with Crippen LogP contribution in [0.1, 0.15) is 42.3 Å². The van der Waals surface area contributed by atoms with Crippen molar-refractivity contribution in [1.82, 2.24) is 0 Å². The first kappa shape index (κ1) is 23.0. The maximum atomic E-state index is 12.6. The van der Waals surface area contributed by atoms with Crippen molar-refractivity contribution in [2.75, 3.05) is 26.6 Å². The number of hydrogen-bond donors (Lipinski definition) is 1. The molecule has 0 aliphatic rings. The van der Waals surface area contributed by atoms with Crippen molar-refractivity contribution in [3.8, 4) is 11.5 Å². The summed E-state index contributed by atoms with van der Waals surface area (Å²) in [7, 11) is 4.22. The second-order valence-electron chi connectivity index (χ2n) is 7.36. The highest BCUT2D eigenvalue weighted by Gasteiger charge is 2.18. The van der Waals surface area contributed by atoms with Gasteiger partial charge >= 0.3 is 5.97 Å². The van der Waals surface area contributed by atoms with Gasteiger partial charge in [-0.1, -0.05) is 38.1 Å². The van der Waals surface area contributed by atoms with Crippen LogP contribution >= 0.6 is 0 Å². The summed E-state index contributed by atoms with van der Waals surface area (Å²) in [6, 6.07) is 11.2. The van der Waals surface area contributed by atoms with E-state index in [-0.39, 0.29) is 17.2 Å². The fourth-order valence-electron chi connectivity index (χ4n) is 3.09. The van der Waals surface area contributed by atoms with Gasteiger partial charge in [-0.05, 0) is 36.0 Å². The van der Waals surface area contributed by atoms with Crippen LogP contribution in [0.15, 0.2) is 42.5 Å². The third-order valence-corrected chi connectivity index (χ3v) is 4.59. The van der Waals surface area contributed by atoms with E-state index in [9.17, 15) is 9.59 Å². The van der Waals surface area contributed by atoms with Crippen molar-refractivity contribution in [1.29, 1.82) is 0 Å². The monoisotopic (exact) mass is 411 g/mol. The van der Waals surface area contributed by atoms with Gasteiger partial charge in [0.2, 0.25) is 5.91 Å². The maximum absolute atomic E-state index is 12.6. The first-order valence-corrected chi connectivity index (χ1v) is 9.72. The number of esters is 1. The van der Waals surface area contributed by atoms with Gasteiger partial charge in [-0.2, -0.15) is 0 Å². The molecule has 30 heavy (non-hydrogen) atoms. The number of rotatable bonds is 8. The Morgan fingerprint density at radius 1 is 1.00 bits per heavy atom. The highest BCUT2D eigenvalue weighted by molar-refractivity contribution is 6.08. The molecule has 0 unspecified atom stereocenters. The molecule has 2 aromatic rings. The SMILES string of the molecule is COC(=O)c1cc(OC)c(OC)cc1NC(=O)/C=C(/C)c1ccc(CC(C)C)cc1. The number of anilines is 1. The van der Waals surface area contributed by atoms with E-state index in [1.165, 1.54) is 45.1 Å². The number of carbonyl (C=O) groups is 2. The molecule has 6 nitrogen and oxygen atoms in total. The summed E-state index contributed by atoms with van der Waals surface area (Å²) in [4.78, 5) is 24.8. The fraction of sp³-hybridized carbons (Fsp3) is 0.333. The van der Waals surface area contributed by atoms with Crippen molar-refractivity contribution in [3.05, 3.63) is 59.2 Å². The highest BCUT2D eigenvalue weighted by Crippen LogP contribution is 2.34. The summed E-state index contributed by atoms with van der Waals surface area (Å²) in [5.41, 5.74) is 3.48. The van der Waals surface area contributed by atoms with Crippen molar-refractivity contribution in [3.63, 3.8) is 0 Å². The van der Waals surface area contributed by atoms with E-state index in [1.54, 1.807) is 0 Å². The number of hydrogen-bond acceptors (Lipinski definition) is 5. The number of amides is 1. The average molecular weight is 411 g/mol. The molecule has 0 aliphatic heterocycles. The number of ether oxygens (including phenoxy) is 3. The molecular formula is C24H29NO5. The second kappa shape index (κ2) is 10.5. The van der Waals surface area contributed by atoms with Crippen molar-refractivity contribution < 1.29 is 23.8 Å². The van der Waals surface area contributed by atoms with Gasteiger partial charge in [0.1, 0.15) is 0 Å². The van der Waals surface area contributed by atoms with Gasteiger partial charge in [0.25, 0.3) is 0 Å². The van der Waals surface area contributed by atoms with Gasteiger partial charge in [0, 0.05) is 18.2 Å². The molecule has 1 N–H and O–H groups in total. The predicted octanol–water partition coefficient (Wildman–Crippen LogP) is 4.73. The second-order valence-corrected chi connectivity index (χ2v) is 7.36. The van der Waals surface area contributed by atoms with Gasteiger partial charge in [0.05, 0.1) is 32.6 Å². The lowest BCUT2D eigenvalue weighted by Gasteiger charge is -2.14. The van der Waals surface area contributed by atoms with Crippen LogP contribution in [0, 0.1) is 5.92 Å². The van der Waals surface area contributed by atoms with Crippen molar-refractivity contribution in [2.24, 2.45) is 5.92 Å². The minimum atomic E-state index is -0.590. The van der Waals surface area contributed by atoms with Crippen LogP contribution in [-0.4, -0.2) is 33.2 Å². The van der Waals surface area contributed by atoms with Crippen LogP contribution in [-0.2, 0) is 16.0 Å². The van der Waals surface area contributed by atoms with Crippen LogP contribution in [0.2, 0.25) is 0 Å². The summed E-state index contributed by atoms with van der Waals surface area (Å²) in [6.07, 6.45) is 2.51. The molecular weight excluding hydrogens is 382 g/mol. The Morgan fingerprint density at radius 3 is 2.13 bits per heavy atom. The Kier molecular flexibility index (Phi) is 8.04. The van der Waals surface area contributed by atoms with E-state index < -0.39 is 5.97 Å². The van der Waals surface area contributed by atoms with Gasteiger partial charge in [-0.15, -0.1) is 0 Å². The minimum absolute atomic E-state index is 0.174. The maximum Gasteiger partial charge on any atom is 0.340 e. The molecule has 2 aromatic carbocycles. The van der Waals surface area contributed by atoms with Crippen LogP contribution < -0.4 is 14.8 Å². The van der Waals surface area contributed by atoms with Crippen LogP contribution in [0.25, 0.3) is 5.57 Å². The number of carbonyl (C=O) groups excluding carboxylic acids is 2. The topological polar surface area (TPSA) is 73.9 Å². The smallest absolute Gasteiger partial charge is 0.340 e. The first-order valence-electron chi connectivity index (χ1n) is 9.72. The normalized spacial score (nSPS) is 11.2. The molecule has 0 fully saturated rings. The molecule has 0 aromatic heterocycles. The van der Waals surface area contributed by atoms with Gasteiger partial charge in [-0.25, -0.2) is 4.79 Å². The molecule has 1 amide bonds. The Balaban J connectivity index is 2.26. The lowest BCUT2D eigenvalue weighted by molar-refractivity contribution is -0.111. The molecule has 0 aliphatic carbocycles. The van der Waals surface area contributed by atoms with Crippen LogP contribution in [0.5, 0.6) is 11.5 Å². The molecule has 160 valence electrons. The lowest BCUT2D eigenvalue weighted by Crippen LogP contribution is -2.14.